The lowest BCUT2D eigenvalue weighted by Crippen LogP contribution is -2.64. The van der Waals surface area contributed by atoms with E-state index in [1.165, 1.54) is 4.90 Å². The smallest absolute Gasteiger partial charge is 0.328 e. The molecule has 2 aliphatic rings. The molecule has 29 heavy (non-hydrogen) atoms. The van der Waals surface area contributed by atoms with Gasteiger partial charge in [0.25, 0.3) is 5.91 Å². The minimum absolute atomic E-state index is 0.187. The highest BCUT2D eigenvalue weighted by Crippen LogP contribution is 2.33. The van der Waals surface area contributed by atoms with Crippen molar-refractivity contribution >= 4 is 28.9 Å². The van der Waals surface area contributed by atoms with Crippen molar-refractivity contribution in [3.63, 3.8) is 0 Å². The molecule has 2 aromatic rings. The van der Waals surface area contributed by atoms with E-state index < -0.39 is 12.2 Å². The Morgan fingerprint density at radius 1 is 0.931 bits per heavy atom. The van der Waals surface area contributed by atoms with Crippen molar-refractivity contribution in [3.8, 4) is 0 Å². The third kappa shape index (κ3) is 3.74. The Kier molecular flexibility index (Phi) is 5.58. The lowest BCUT2D eigenvalue weighted by molar-refractivity contribution is -0.138. The van der Waals surface area contributed by atoms with Crippen LogP contribution < -0.4 is 0 Å². The number of carbonyl (C=O) groups excluding carboxylic acids is 2. The third-order valence-corrected chi connectivity index (χ3v) is 6.09. The van der Waals surface area contributed by atoms with Crippen molar-refractivity contribution in [1.82, 2.24) is 14.7 Å². The van der Waals surface area contributed by atoms with Gasteiger partial charge in [0.2, 0.25) is 0 Å². The molecule has 0 saturated carbocycles. The molecule has 2 aliphatic heterocycles. The Hall–Kier alpha value is -2.80. The van der Waals surface area contributed by atoms with E-state index >= 15 is 0 Å². The van der Waals surface area contributed by atoms with Crippen LogP contribution in [-0.4, -0.2) is 56.8 Å². The van der Waals surface area contributed by atoms with Gasteiger partial charge < -0.3 is 9.80 Å². The monoisotopic (exact) mass is 408 g/mol. The van der Waals surface area contributed by atoms with Crippen LogP contribution >= 0.6 is 11.8 Å². The van der Waals surface area contributed by atoms with Gasteiger partial charge in [-0.1, -0.05) is 79.3 Å². The molecule has 1 fully saturated rings. The van der Waals surface area contributed by atoms with E-state index in [1.807, 2.05) is 60.7 Å². The van der Waals surface area contributed by atoms with E-state index in [9.17, 15) is 9.59 Å². The van der Waals surface area contributed by atoms with Crippen LogP contribution in [0.4, 0.5) is 4.79 Å². The van der Waals surface area contributed by atoms with E-state index in [4.69, 9.17) is 4.99 Å². The average molecular weight is 409 g/mol. The van der Waals surface area contributed by atoms with Gasteiger partial charge in [0.1, 0.15) is 0 Å². The number of likely N-dealkylation sites (N-methyl/N-ethyl adjacent to an activating group) is 1. The van der Waals surface area contributed by atoms with Crippen molar-refractivity contribution in [2.24, 2.45) is 4.99 Å². The second-order valence-electron chi connectivity index (χ2n) is 7.12. The maximum Gasteiger partial charge on any atom is 0.328 e. The number of rotatable bonds is 5. The van der Waals surface area contributed by atoms with Gasteiger partial charge in [0.05, 0.1) is 6.54 Å². The van der Waals surface area contributed by atoms with Gasteiger partial charge in [-0.2, -0.15) is 0 Å². The fraction of sp³-hybridized carbons (Fsp3) is 0.318. The molecule has 2 atom stereocenters. The van der Waals surface area contributed by atoms with E-state index in [0.29, 0.717) is 6.54 Å². The number of hydrogen-bond acceptors (Lipinski definition) is 5. The number of benzene rings is 2. The summed E-state index contributed by atoms with van der Waals surface area (Å²) in [7, 11) is 1.73. The fourth-order valence-electron chi connectivity index (χ4n) is 3.76. The number of hydrogen-bond donors (Lipinski definition) is 0. The number of thioether (sulfide) groups is 1. The standard InChI is InChI=1S/C22H24N4O2S/c1-3-29-21-23-19-18(25(21)14-16-10-6-4-7-11-16)20(27)26(22(28)24(19)2)15-17-12-8-5-9-13-17/h4-13,18-19H,3,14-15H2,1-2H3. The number of nitrogens with zero attached hydrogens (tertiary/aromatic N) is 4. The summed E-state index contributed by atoms with van der Waals surface area (Å²) in [4.78, 5) is 36.2. The maximum atomic E-state index is 13.5. The summed E-state index contributed by atoms with van der Waals surface area (Å²) in [6.07, 6.45) is -0.486. The van der Waals surface area contributed by atoms with Gasteiger partial charge in [0, 0.05) is 13.6 Å². The molecule has 0 aromatic heterocycles. The zero-order valence-electron chi connectivity index (χ0n) is 16.6. The number of imide groups is 1. The van der Waals surface area contributed by atoms with Crippen LogP contribution in [0.1, 0.15) is 18.1 Å². The molecule has 4 rings (SSSR count). The Morgan fingerprint density at radius 2 is 1.52 bits per heavy atom. The largest absolute Gasteiger partial charge is 0.331 e. The topological polar surface area (TPSA) is 56.2 Å². The quantitative estimate of drug-likeness (QED) is 0.761. The number of urea groups is 1. The van der Waals surface area contributed by atoms with E-state index in [-0.39, 0.29) is 18.5 Å². The molecule has 2 aromatic carbocycles. The zero-order chi connectivity index (χ0) is 20.4. The number of fused-ring (bicyclic) bond motifs is 1. The maximum absolute atomic E-state index is 13.5. The molecule has 6 nitrogen and oxygen atoms in total. The first kappa shape index (κ1) is 19.5. The first-order chi connectivity index (χ1) is 14.1. The van der Waals surface area contributed by atoms with E-state index in [0.717, 1.165) is 22.0 Å². The molecule has 7 heteroatoms. The molecule has 0 radical (unpaired) electrons. The molecular weight excluding hydrogens is 384 g/mol. The normalized spacial score (nSPS) is 21.4. The van der Waals surface area contributed by atoms with Crippen LogP contribution in [-0.2, 0) is 17.9 Å². The molecule has 3 amide bonds. The highest BCUT2D eigenvalue weighted by atomic mass is 32.2. The predicted molar refractivity (Wildman–Crippen MR) is 115 cm³/mol. The Bertz CT molecular complexity index is 919. The van der Waals surface area contributed by atoms with E-state index in [1.54, 1.807) is 23.7 Å². The molecule has 1 saturated heterocycles. The number of carbonyl (C=O) groups is 2. The van der Waals surface area contributed by atoms with E-state index in [2.05, 4.69) is 11.8 Å². The van der Waals surface area contributed by atoms with Crippen LogP contribution in [0.3, 0.4) is 0 Å². The third-order valence-electron chi connectivity index (χ3n) is 5.21. The summed E-state index contributed by atoms with van der Waals surface area (Å²) in [5, 5.41) is 0.820. The molecule has 150 valence electrons. The van der Waals surface area contributed by atoms with Gasteiger partial charge in [-0.3, -0.25) is 9.69 Å². The van der Waals surface area contributed by atoms with Crippen LogP contribution in [0.25, 0.3) is 0 Å². The Labute approximate surface area is 175 Å². The van der Waals surface area contributed by atoms with Gasteiger partial charge >= 0.3 is 6.03 Å². The average Bonchev–Trinajstić information content (AvgIpc) is 3.10. The molecule has 0 aliphatic carbocycles. The van der Waals surface area contributed by atoms with Crippen molar-refractivity contribution in [2.45, 2.75) is 32.2 Å². The first-order valence-electron chi connectivity index (χ1n) is 9.73. The van der Waals surface area contributed by atoms with Crippen molar-refractivity contribution < 1.29 is 9.59 Å². The van der Waals surface area contributed by atoms with Crippen molar-refractivity contribution in [1.29, 1.82) is 0 Å². The number of amides is 3. The predicted octanol–water partition coefficient (Wildman–Crippen LogP) is 3.40. The highest BCUT2D eigenvalue weighted by Gasteiger charge is 2.51. The summed E-state index contributed by atoms with van der Waals surface area (Å²) in [5.41, 5.74) is 2.04. The zero-order valence-corrected chi connectivity index (χ0v) is 17.4. The Morgan fingerprint density at radius 3 is 2.10 bits per heavy atom. The summed E-state index contributed by atoms with van der Waals surface area (Å²) >= 11 is 1.61. The molecule has 0 bridgehead atoms. The van der Waals surface area contributed by atoms with Crippen LogP contribution in [0.5, 0.6) is 0 Å². The van der Waals surface area contributed by atoms with Crippen LogP contribution in [0.2, 0.25) is 0 Å². The highest BCUT2D eigenvalue weighted by molar-refractivity contribution is 8.13. The molecular formula is C22H24N4O2S. The van der Waals surface area contributed by atoms with Crippen LogP contribution in [0.15, 0.2) is 65.7 Å². The second-order valence-corrected chi connectivity index (χ2v) is 8.35. The number of aliphatic imine (C=N–C) groups is 1. The minimum atomic E-state index is -0.504. The summed E-state index contributed by atoms with van der Waals surface area (Å²) in [6, 6.07) is 18.9. The molecule has 0 N–H and O–H groups in total. The van der Waals surface area contributed by atoms with Crippen LogP contribution in [0, 0.1) is 0 Å². The Balaban J connectivity index is 1.65. The van der Waals surface area contributed by atoms with Crippen molar-refractivity contribution in [3.05, 3.63) is 71.8 Å². The summed E-state index contributed by atoms with van der Waals surface area (Å²) in [6.45, 7) is 2.91. The lowest BCUT2D eigenvalue weighted by Gasteiger charge is -2.41. The molecule has 2 unspecified atom stereocenters. The second kappa shape index (κ2) is 8.29. The lowest BCUT2D eigenvalue weighted by atomic mass is 10.1. The first-order valence-corrected chi connectivity index (χ1v) is 10.7. The van der Waals surface area contributed by atoms with Gasteiger partial charge in [-0.15, -0.1) is 0 Å². The number of amidine groups is 1. The SMILES string of the molecule is CCSC1=NC2C(C(=O)N(Cc3ccccc3)C(=O)N2C)N1Cc1ccccc1. The van der Waals surface area contributed by atoms with Gasteiger partial charge in [-0.05, 0) is 16.9 Å². The summed E-state index contributed by atoms with van der Waals surface area (Å²) < 4.78 is 0. The van der Waals surface area contributed by atoms with Gasteiger partial charge in [0.15, 0.2) is 17.4 Å². The van der Waals surface area contributed by atoms with Gasteiger partial charge in [-0.25, -0.2) is 9.79 Å². The fourth-order valence-corrected chi connectivity index (χ4v) is 4.55. The molecule has 2 heterocycles. The van der Waals surface area contributed by atoms with Crippen molar-refractivity contribution in [2.75, 3.05) is 12.8 Å². The molecule has 0 spiro atoms. The minimum Gasteiger partial charge on any atom is -0.331 e. The summed E-state index contributed by atoms with van der Waals surface area (Å²) in [5.74, 6) is 0.664.